The molecule has 116 valence electrons. The zero-order valence-corrected chi connectivity index (χ0v) is 14.5. The van der Waals surface area contributed by atoms with E-state index in [1.165, 1.54) is 0 Å². The molecule has 0 bridgehead atoms. The molecule has 2 nitrogen and oxygen atoms in total. The van der Waals surface area contributed by atoms with Crippen molar-refractivity contribution in [3.05, 3.63) is 22.7 Å². The van der Waals surface area contributed by atoms with Crippen molar-refractivity contribution in [1.82, 2.24) is 0 Å². The quantitative estimate of drug-likeness (QED) is 0.671. The monoisotopic (exact) mass is 328 g/mol. The molecule has 0 spiro atoms. The Morgan fingerprint density at radius 2 is 1.57 bits per heavy atom. The Labute approximate surface area is 136 Å². The van der Waals surface area contributed by atoms with E-state index in [0.717, 1.165) is 23.5 Å². The number of hydrogen-bond acceptors (Lipinski definition) is 2. The van der Waals surface area contributed by atoms with Crippen molar-refractivity contribution in [3.8, 4) is 11.5 Å². The molecule has 1 heterocycles. The lowest BCUT2D eigenvalue weighted by molar-refractivity contribution is 0.297. The van der Waals surface area contributed by atoms with Gasteiger partial charge in [-0.05, 0) is 28.4 Å². The standard InChI is InChI=1S/C17H22Cl2O2/c1-16(2)15(17(16,3)4)14(19)10-8-12-13(9-11(10)18)21-7-5-6-20-12/h8-9,14-15H,5-7H2,1-4H3. The van der Waals surface area contributed by atoms with Gasteiger partial charge in [0, 0.05) is 17.5 Å². The van der Waals surface area contributed by atoms with Crippen molar-refractivity contribution in [2.24, 2.45) is 16.7 Å². The van der Waals surface area contributed by atoms with Crippen LogP contribution < -0.4 is 9.47 Å². The molecule has 1 aromatic carbocycles. The van der Waals surface area contributed by atoms with Crippen LogP contribution in [0.15, 0.2) is 12.1 Å². The number of fused-ring (bicyclic) bond motifs is 1. The van der Waals surface area contributed by atoms with E-state index < -0.39 is 0 Å². The fraction of sp³-hybridized carbons (Fsp3) is 0.647. The Hall–Kier alpha value is -0.600. The SMILES string of the molecule is CC1(C)C(C(Cl)c2cc3c(cc2Cl)OCCCO3)C1(C)C. The third-order valence-corrected chi connectivity index (χ3v) is 6.40. The third kappa shape index (κ3) is 2.31. The van der Waals surface area contributed by atoms with Gasteiger partial charge >= 0.3 is 0 Å². The van der Waals surface area contributed by atoms with Crippen LogP contribution in [0.25, 0.3) is 0 Å². The molecule has 0 aromatic heterocycles. The second-order valence-corrected chi connectivity index (χ2v) is 8.07. The second-order valence-electron chi connectivity index (χ2n) is 7.19. The average Bonchev–Trinajstić information content (AvgIpc) is 2.91. The highest BCUT2D eigenvalue weighted by atomic mass is 35.5. The van der Waals surface area contributed by atoms with Crippen molar-refractivity contribution in [1.29, 1.82) is 0 Å². The summed E-state index contributed by atoms with van der Waals surface area (Å²) in [7, 11) is 0. The molecule has 0 N–H and O–H groups in total. The van der Waals surface area contributed by atoms with E-state index in [0.29, 0.717) is 24.2 Å². The normalized spacial score (nSPS) is 24.3. The van der Waals surface area contributed by atoms with Gasteiger partial charge in [0.05, 0.1) is 18.6 Å². The molecule has 21 heavy (non-hydrogen) atoms. The van der Waals surface area contributed by atoms with E-state index in [1.807, 2.05) is 12.1 Å². The molecule has 0 saturated heterocycles. The van der Waals surface area contributed by atoms with Crippen LogP contribution in [0, 0.1) is 16.7 Å². The van der Waals surface area contributed by atoms with E-state index in [2.05, 4.69) is 27.7 Å². The first kappa shape index (κ1) is 15.3. The number of alkyl halides is 1. The van der Waals surface area contributed by atoms with E-state index >= 15 is 0 Å². The summed E-state index contributed by atoms with van der Waals surface area (Å²) in [4.78, 5) is 0. The van der Waals surface area contributed by atoms with Crippen molar-refractivity contribution in [2.75, 3.05) is 13.2 Å². The van der Waals surface area contributed by atoms with Gasteiger partial charge in [0.15, 0.2) is 11.5 Å². The number of hydrogen-bond donors (Lipinski definition) is 0. The van der Waals surface area contributed by atoms with Crippen LogP contribution in [0.5, 0.6) is 11.5 Å². The second kappa shape index (κ2) is 4.96. The largest absolute Gasteiger partial charge is 0.490 e. The van der Waals surface area contributed by atoms with E-state index in [9.17, 15) is 0 Å². The summed E-state index contributed by atoms with van der Waals surface area (Å²) < 4.78 is 11.4. The molecule has 1 saturated carbocycles. The van der Waals surface area contributed by atoms with Gasteiger partial charge in [-0.3, -0.25) is 0 Å². The zero-order chi connectivity index (χ0) is 15.4. The van der Waals surface area contributed by atoms with Crippen LogP contribution in [-0.4, -0.2) is 13.2 Å². The van der Waals surface area contributed by atoms with Crippen LogP contribution in [0.4, 0.5) is 0 Å². The molecular weight excluding hydrogens is 307 g/mol. The summed E-state index contributed by atoms with van der Waals surface area (Å²) in [5.41, 5.74) is 1.38. The van der Waals surface area contributed by atoms with Crippen molar-refractivity contribution < 1.29 is 9.47 Å². The maximum absolute atomic E-state index is 6.78. The summed E-state index contributed by atoms with van der Waals surface area (Å²) in [5, 5.41) is 0.553. The number of benzene rings is 1. The van der Waals surface area contributed by atoms with Crippen molar-refractivity contribution in [3.63, 3.8) is 0 Å². The zero-order valence-electron chi connectivity index (χ0n) is 13.0. The Morgan fingerprint density at radius 1 is 1.05 bits per heavy atom. The minimum Gasteiger partial charge on any atom is -0.490 e. The molecule has 4 heteroatoms. The van der Waals surface area contributed by atoms with Gasteiger partial charge < -0.3 is 9.47 Å². The molecule has 2 aliphatic rings. The third-order valence-electron chi connectivity index (χ3n) is 5.59. The highest BCUT2D eigenvalue weighted by Gasteiger charge is 2.67. The van der Waals surface area contributed by atoms with Gasteiger partial charge in [0.2, 0.25) is 0 Å². The lowest BCUT2D eigenvalue weighted by Crippen LogP contribution is -2.02. The molecule has 0 amide bonds. The maximum Gasteiger partial charge on any atom is 0.162 e. The molecule has 1 unspecified atom stereocenters. The minimum absolute atomic E-state index is 0.111. The van der Waals surface area contributed by atoms with Crippen molar-refractivity contribution in [2.45, 2.75) is 39.5 Å². The molecule has 1 fully saturated rings. The molecule has 1 atom stereocenters. The van der Waals surface area contributed by atoms with Crippen LogP contribution in [0.1, 0.15) is 45.1 Å². The van der Waals surface area contributed by atoms with E-state index in [4.69, 9.17) is 32.7 Å². The Morgan fingerprint density at radius 3 is 2.10 bits per heavy atom. The molecule has 1 aliphatic carbocycles. The first-order valence-electron chi connectivity index (χ1n) is 7.50. The average molecular weight is 329 g/mol. The lowest BCUT2D eigenvalue weighted by atomic mass is 10.0. The highest BCUT2D eigenvalue weighted by molar-refractivity contribution is 6.33. The van der Waals surface area contributed by atoms with E-state index in [1.54, 1.807) is 0 Å². The number of rotatable bonds is 2. The summed E-state index contributed by atoms with van der Waals surface area (Å²) >= 11 is 13.2. The van der Waals surface area contributed by atoms with Gasteiger partial charge in [-0.1, -0.05) is 39.3 Å². The van der Waals surface area contributed by atoms with Gasteiger partial charge in [-0.2, -0.15) is 0 Å². The minimum atomic E-state index is -0.111. The van der Waals surface area contributed by atoms with E-state index in [-0.39, 0.29) is 16.2 Å². The first-order chi connectivity index (χ1) is 9.76. The molecule has 1 aromatic rings. The molecular formula is C17H22Cl2O2. The molecule has 3 rings (SSSR count). The van der Waals surface area contributed by atoms with Crippen LogP contribution >= 0.6 is 23.2 Å². The number of ether oxygens (including phenoxy) is 2. The molecule has 1 aliphatic heterocycles. The topological polar surface area (TPSA) is 18.5 Å². The Bertz CT molecular complexity index is 552. The fourth-order valence-corrected chi connectivity index (χ4v) is 4.71. The predicted molar refractivity (Wildman–Crippen MR) is 86.7 cm³/mol. The van der Waals surface area contributed by atoms with Gasteiger partial charge in [0.25, 0.3) is 0 Å². The van der Waals surface area contributed by atoms with Gasteiger partial charge in [-0.25, -0.2) is 0 Å². The summed E-state index contributed by atoms with van der Waals surface area (Å²) in [6.45, 7) is 10.4. The first-order valence-corrected chi connectivity index (χ1v) is 8.31. The fourth-order valence-electron chi connectivity index (χ4n) is 3.57. The summed E-state index contributed by atoms with van der Waals surface area (Å²) in [6.07, 6.45) is 0.884. The summed E-state index contributed by atoms with van der Waals surface area (Å²) in [6, 6.07) is 3.81. The predicted octanol–water partition coefficient (Wildman–Crippen LogP) is 5.46. The maximum atomic E-state index is 6.78. The van der Waals surface area contributed by atoms with Crippen LogP contribution in [0.3, 0.4) is 0 Å². The van der Waals surface area contributed by atoms with Crippen molar-refractivity contribution >= 4 is 23.2 Å². The lowest BCUT2D eigenvalue weighted by Gasteiger charge is -2.17. The van der Waals surface area contributed by atoms with Crippen LogP contribution in [-0.2, 0) is 0 Å². The smallest absolute Gasteiger partial charge is 0.162 e. The molecule has 0 radical (unpaired) electrons. The Balaban J connectivity index is 1.94. The van der Waals surface area contributed by atoms with Crippen LogP contribution in [0.2, 0.25) is 5.02 Å². The summed E-state index contributed by atoms with van der Waals surface area (Å²) in [5.74, 6) is 1.88. The number of halogens is 2. The van der Waals surface area contributed by atoms with Gasteiger partial charge in [-0.15, -0.1) is 11.6 Å². The highest BCUT2D eigenvalue weighted by Crippen LogP contribution is 2.74. The van der Waals surface area contributed by atoms with Gasteiger partial charge in [0.1, 0.15) is 0 Å². The Kier molecular flexibility index (Phi) is 3.61.